The third-order valence-electron chi connectivity index (χ3n) is 3.36. The first-order valence-electron chi connectivity index (χ1n) is 6.23. The number of rotatable bonds is 3. The van der Waals surface area contributed by atoms with Gasteiger partial charge in [0.05, 0.1) is 37.9 Å². The molecule has 0 aromatic heterocycles. The zero-order valence-electron chi connectivity index (χ0n) is 11.3. The molecule has 19 heavy (non-hydrogen) atoms. The lowest BCUT2D eigenvalue weighted by Crippen LogP contribution is -2.32. The van der Waals surface area contributed by atoms with Gasteiger partial charge >= 0.3 is 0 Å². The van der Waals surface area contributed by atoms with Crippen LogP contribution in [0.15, 0.2) is 10.5 Å². The Morgan fingerprint density at radius 3 is 2.68 bits per heavy atom. The molecule has 5 heteroatoms. The van der Waals surface area contributed by atoms with Crippen molar-refractivity contribution in [2.45, 2.75) is 24.8 Å². The minimum absolute atomic E-state index is 0.00931. The van der Waals surface area contributed by atoms with E-state index in [0.29, 0.717) is 19.8 Å². The first-order chi connectivity index (χ1) is 9.06. The van der Waals surface area contributed by atoms with Crippen LogP contribution in [0.2, 0.25) is 0 Å². The Labute approximate surface area is 130 Å². The molecule has 0 amide bonds. The Morgan fingerprint density at radius 2 is 2.11 bits per heavy atom. The molecule has 0 aliphatic carbocycles. The van der Waals surface area contributed by atoms with E-state index in [1.54, 1.807) is 7.11 Å². The largest absolute Gasteiger partial charge is 0.496 e. The molecule has 0 saturated carbocycles. The number of hydrogen-bond acceptors (Lipinski definition) is 3. The molecule has 1 aromatic rings. The van der Waals surface area contributed by atoms with Gasteiger partial charge in [-0.1, -0.05) is 31.9 Å². The Hall–Kier alpha value is -0.100. The van der Waals surface area contributed by atoms with Gasteiger partial charge in [-0.2, -0.15) is 0 Å². The third kappa shape index (κ3) is 3.15. The Balaban J connectivity index is 2.41. The number of hydrogen-bond donors (Lipinski definition) is 0. The smallest absolute Gasteiger partial charge is 0.126 e. The van der Waals surface area contributed by atoms with E-state index in [-0.39, 0.29) is 10.9 Å². The fourth-order valence-corrected chi connectivity index (χ4v) is 3.75. The highest BCUT2D eigenvalue weighted by Crippen LogP contribution is 2.42. The zero-order valence-corrected chi connectivity index (χ0v) is 14.5. The van der Waals surface area contributed by atoms with Crippen molar-refractivity contribution in [1.82, 2.24) is 0 Å². The highest BCUT2D eigenvalue weighted by molar-refractivity contribution is 9.10. The number of halogens is 2. The summed E-state index contributed by atoms with van der Waals surface area (Å²) in [5.41, 5.74) is 3.40. The molecule has 1 heterocycles. The van der Waals surface area contributed by atoms with Crippen molar-refractivity contribution in [2.24, 2.45) is 0 Å². The molecule has 0 spiro atoms. The van der Waals surface area contributed by atoms with Gasteiger partial charge in [0, 0.05) is 10.0 Å². The Bertz CT molecular complexity index is 456. The van der Waals surface area contributed by atoms with Gasteiger partial charge in [-0.05, 0) is 31.0 Å². The summed E-state index contributed by atoms with van der Waals surface area (Å²) >= 11 is 7.36. The van der Waals surface area contributed by atoms with Gasteiger partial charge in [0.25, 0.3) is 0 Å². The second kappa shape index (κ2) is 6.57. The molecular formula is C14H18Br2O3. The van der Waals surface area contributed by atoms with Crippen LogP contribution in [0.1, 0.15) is 21.5 Å². The summed E-state index contributed by atoms with van der Waals surface area (Å²) in [4.78, 5) is 0.0546. The van der Waals surface area contributed by atoms with Crippen LogP contribution in [0.5, 0.6) is 5.75 Å². The molecule has 1 aliphatic rings. The van der Waals surface area contributed by atoms with Crippen molar-refractivity contribution in [3.05, 3.63) is 27.2 Å². The van der Waals surface area contributed by atoms with Gasteiger partial charge in [-0.25, -0.2) is 0 Å². The summed E-state index contributed by atoms with van der Waals surface area (Å²) < 4.78 is 17.9. The molecule has 0 bridgehead atoms. The van der Waals surface area contributed by atoms with E-state index in [2.05, 4.69) is 44.8 Å². The molecule has 2 rings (SSSR count). The summed E-state index contributed by atoms with van der Waals surface area (Å²) in [6.07, 6.45) is 0.00931. The van der Waals surface area contributed by atoms with Crippen molar-refractivity contribution in [3.63, 3.8) is 0 Å². The predicted molar refractivity (Wildman–Crippen MR) is 82.4 cm³/mol. The second-order valence-corrected chi connectivity index (χ2v) is 6.47. The molecule has 0 N–H and O–H groups in total. The highest BCUT2D eigenvalue weighted by Gasteiger charge is 2.29. The maximum Gasteiger partial charge on any atom is 0.126 e. The molecule has 3 nitrogen and oxygen atoms in total. The first kappa shape index (κ1) is 15.3. The van der Waals surface area contributed by atoms with Crippen LogP contribution in [0, 0.1) is 13.8 Å². The molecule has 1 saturated heterocycles. The molecule has 1 fully saturated rings. The van der Waals surface area contributed by atoms with Crippen LogP contribution in [-0.4, -0.2) is 33.0 Å². The van der Waals surface area contributed by atoms with E-state index >= 15 is 0 Å². The summed E-state index contributed by atoms with van der Waals surface area (Å²) in [5, 5.41) is 0. The molecule has 106 valence electrons. The van der Waals surface area contributed by atoms with Gasteiger partial charge in [0.1, 0.15) is 5.75 Å². The maximum absolute atomic E-state index is 5.79. The van der Waals surface area contributed by atoms with Crippen molar-refractivity contribution in [2.75, 3.05) is 26.9 Å². The molecule has 1 aliphatic heterocycles. The number of ether oxygens (including phenoxy) is 3. The van der Waals surface area contributed by atoms with Gasteiger partial charge in [-0.15, -0.1) is 0 Å². The number of aryl methyl sites for hydroxylation is 1. The summed E-state index contributed by atoms with van der Waals surface area (Å²) in [7, 11) is 1.71. The average Bonchev–Trinajstić information content (AvgIpc) is 2.42. The summed E-state index contributed by atoms with van der Waals surface area (Å²) in [5.74, 6) is 0.914. The van der Waals surface area contributed by atoms with Crippen LogP contribution in [-0.2, 0) is 9.47 Å². The summed E-state index contributed by atoms with van der Waals surface area (Å²) in [6, 6.07) is 2.08. The lowest BCUT2D eigenvalue weighted by atomic mass is 9.98. The average molecular weight is 394 g/mol. The fourth-order valence-electron chi connectivity index (χ4n) is 2.34. The predicted octanol–water partition coefficient (Wildman–Crippen LogP) is 3.93. The minimum Gasteiger partial charge on any atom is -0.496 e. The lowest BCUT2D eigenvalue weighted by molar-refractivity contribution is -0.0878. The van der Waals surface area contributed by atoms with Crippen LogP contribution < -0.4 is 4.74 Å². The Morgan fingerprint density at radius 1 is 1.37 bits per heavy atom. The van der Waals surface area contributed by atoms with Gasteiger partial charge in [-0.3, -0.25) is 0 Å². The molecule has 2 unspecified atom stereocenters. The van der Waals surface area contributed by atoms with E-state index in [1.165, 1.54) is 5.56 Å². The van der Waals surface area contributed by atoms with E-state index in [1.807, 2.05) is 6.92 Å². The standard InChI is InChI=1S/C14H18Br2O3/c1-8-6-10(15)9(2)12(14(8)17-3)13(16)11-7-18-4-5-19-11/h6,11,13H,4-5,7H2,1-3H3. The van der Waals surface area contributed by atoms with E-state index in [0.717, 1.165) is 21.3 Å². The molecular weight excluding hydrogens is 376 g/mol. The maximum atomic E-state index is 5.79. The lowest BCUT2D eigenvalue weighted by Gasteiger charge is -2.29. The Kier molecular flexibility index (Phi) is 5.29. The highest BCUT2D eigenvalue weighted by atomic mass is 79.9. The van der Waals surface area contributed by atoms with Crippen molar-refractivity contribution >= 4 is 31.9 Å². The zero-order chi connectivity index (χ0) is 14.0. The van der Waals surface area contributed by atoms with Crippen molar-refractivity contribution < 1.29 is 14.2 Å². The van der Waals surface area contributed by atoms with Crippen molar-refractivity contribution in [3.8, 4) is 5.75 Å². The second-order valence-electron chi connectivity index (χ2n) is 4.63. The number of methoxy groups -OCH3 is 1. The fraction of sp³-hybridized carbons (Fsp3) is 0.571. The molecule has 2 atom stereocenters. The van der Waals surface area contributed by atoms with Crippen LogP contribution in [0.3, 0.4) is 0 Å². The first-order valence-corrected chi connectivity index (χ1v) is 7.94. The quantitative estimate of drug-likeness (QED) is 0.728. The van der Waals surface area contributed by atoms with Crippen LogP contribution in [0.25, 0.3) is 0 Å². The molecule has 1 aromatic carbocycles. The number of alkyl halides is 1. The summed E-state index contributed by atoms with van der Waals surface area (Å²) in [6.45, 7) is 6.04. The van der Waals surface area contributed by atoms with Gasteiger partial charge in [0.15, 0.2) is 0 Å². The van der Waals surface area contributed by atoms with Gasteiger partial charge in [0.2, 0.25) is 0 Å². The SMILES string of the molecule is COc1c(C)cc(Br)c(C)c1C(Br)C1COCCO1. The van der Waals surface area contributed by atoms with Crippen LogP contribution in [0.4, 0.5) is 0 Å². The topological polar surface area (TPSA) is 27.7 Å². The van der Waals surface area contributed by atoms with E-state index < -0.39 is 0 Å². The van der Waals surface area contributed by atoms with Crippen molar-refractivity contribution in [1.29, 1.82) is 0 Å². The van der Waals surface area contributed by atoms with E-state index in [9.17, 15) is 0 Å². The van der Waals surface area contributed by atoms with Crippen LogP contribution >= 0.6 is 31.9 Å². The normalized spacial score (nSPS) is 21.2. The monoisotopic (exact) mass is 392 g/mol. The van der Waals surface area contributed by atoms with Gasteiger partial charge < -0.3 is 14.2 Å². The third-order valence-corrected chi connectivity index (χ3v) is 5.23. The van der Waals surface area contributed by atoms with E-state index in [4.69, 9.17) is 14.2 Å². The minimum atomic E-state index is 0.00931. The number of benzene rings is 1. The molecule has 0 radical (unpaired) electrons.